The number of rotatable bonds is 2. The van der Waals surface area contributed by atoms with Gasteiger partial charge in [0, 0.05) is 39.5 Å². The van der Waals surface area contributed by atoms with Crippen molar-refractivity contribution in [2.24, 2.45) is 0 Å². The molecule has 2 heterocycles. The first-order chi connectivity index (χ1) is 15.1. The van der Waals surface area contributed by atoms with E-state index in [2.05, 4.69) is 30.1 Å². The van der Waals surface area contributed by atoms with Gasteiger partial charge in [-0.3, -0.25) is 9.69 Å². The summed E-state index contributed by atoms with van der Waals surface area (Å²) >= 11 is 6.06. The number of hydrogen-bond donors (Lipinski definition) is 1. The number of hydrogen-bond acceptors (Lipinski definition) is 2. The molecule has 0 saturated heterocycles. The second-order valence-electron chi connectivity index (χ2n) is 7.85. The van der Waals surface area contributed by atoms with Crippen molar-refractivity contribution < 1.29 is 4.79 Å². The molecule has 4 nitrogen and oxygen atoms in total. The summed E-state index contributed by atoms with van der Waals surface area (Å²) in [5, 5.41) is 12.4. The number of benzene rings is 3. The Morgan fingerprint density at radius 3 is 2.65 bits per heavy atom. The lowest BCUT2D eigenvalue weighted by Crippen LogP contribution is -2.33. The highest BCUT2D eigenvalue weighted by Gasteiger charge is 2.33. The molecule has 0 saturated carbocycles. The molecule has 0 spiro atoms. The summed E-state index contributed by atoms with van der Waals surface area (Å²) in [5.74, 6) is 0.0160. The second kappa shape index (κ2) is 7.30. The fourth-order valence-corrected chi connectivity index (χ4v) is 4.96. The van der Waals surface area contributed by atoms with E-state index >= 15 is 0 Å². The van der Waals surface area contributed by atoms with Gasteiger partial charge in [0.2, 0.25) is 0 Å². The topological polar surface area (TPSA) is 59.9 Å². The van der Waals surface area contributed by atoms with Gasteiger partial charge in [-0.1, -0.05) is 36.4 Å². The van der Waals surface area contributed by atoms with Crippen LogP contribution < -0.4 is 0 Å². The molecule has 4 aromatic rings. The molecule has 1 aromatic heterocycles. The van der Waals surface area contributed by atoms with E-state index in [-0.39, 0.29) is 11.8 Å². The first kappa shape index (κ1) is 19.4. The molecule has 5 rings (SSSR count). The van der Waals surface area contributed by atoms with Crippen LogP contribution in [0.1, 0.15) is 44.2 Å². The number of aromatic nitrogens is 1. The summed E-state index contributed by atoms with van der Waals surface area (Å²) in [7, 11) is 0. The van der Waals surface area contributed by atoms with E-state index in [4.69, 9.17) is 11.6 Å². The minimum atomic E-state index is -0.715. The molecule has 1 N–H and O–H groups in total. The summed E-state index contributed by atoms with van der Waals surface area (Å²) in [6, 6.07) is 17.1. The molecule has 3 aromatic carbocycles. The average Bonchev–Trinajstić information content (AvgIpc) is 3.21. The number of nitrogens with one attached hydrogen (secondary N) is 1. The Morgan fingerprint density at radius 2 is 1.87 bits per heavy atom. The average molecular weight is 426 g/mol. The molecule has 0 radical (unpaired) electrons. The predicted molar refractivity (Wildman–Crippen MR) is 125 cm³/mol. The highest BCUT2D eigenvalue weighted by molar-refractivity contribution is 6.18. The van der Waals surface area contributed by atoms with Gasteiger partial charge in [0.15, 0.2) is 0 Å². The van der Waals surface area contributed by atoms with Gasteiger partial charge in [-0.05, 0) is 54.3 Å². The van der Waals surface area contributed by atoms with Crippen molar-refractivity contribution >= 4 is 45.4 Å². The molecule has 1 atom stereocenters. The minimum Gasteiger partial charge on any atom is -0.354 e. The number of nitriles is 1. The third-order valence-electron chi connectivity index (χ3n) is 6.26. The maximum Gasteiger partial charge on any atom is 0.259 e. The second-order valence-corrected chi connectivity index (χ2v) is 8.12. The summed E-state index contributed by atoms with van der Waals surface area (Å²) in [4.78, 5) is 18.5. The largest absolute Gasteiger partial charge is 0.354 e. The molecule has 5 heteroatoms. The van der Waals surface area contributed by atoms with Crippen LogP contribution in [0.25, 0.3) is 27.9 Å². The molecular weight excluding hydrogens is 406 g/mol. The predicted octanol–water partition coefficient (Wildman–Crippen LogP) is 6.37. The molecular formula is C26H20ClN3O. The first-order valence-electron chi connectivity index (χ1n) is 10.1. The number of nitrogens with zero attached hydrogens (tertiary/aromatic N) is 2. The summed E-state index contributed by atoms with van der Waals surface area (Å²) in [6.45, 7) is 4.11. The van der Waals surface area contributed by atoms with Crippen molar-refractivity contribution in [3.8, 4) is 6.07 Å². The summed E-state index contributed by atoms with van der Waals surface area (Å²) in [5.41, 5.74) is 7.40. The van der Waals surface area contributed by atoms with Gasteiger partial charge in [0.25, 0.3) is 5.91 Å². The van der Waals surface area contributed by atoms with Gasteiger partial charge >= 0.3 is 0 Å². The number of H-pyrrole nitrogens is 1. The molecule has 1 unspecified atom stereocenters. The molecule has 0 fully saturated rings. The number of fused-ring (bicyclic) bond motifs is 4. The fourth-order valence-electron chi connectivity index (χ4n) is 4.73. The van der Waals surface area contributed by atoms with Crippen LogP contribution in [-0.2, 0) is 5.88 Å². The van der Waals surface area contributed by atoms with Crippen molar-refractivity contribution in [3.63, 3.8) is 0 Å². The molecule has 0 bridgehead atoms. The number of para-hydroxylation sites is 1. The molecule has 1 aliphatic heterocycles. The normalized spacial score (nSPS) is 15.3. The van der Waals surface area contributed by atoms with E-state index in [1.54, 1.807) is 12.3 Å². The van der Waals surface area contributed by atoms with E-state index in [9.17, 15) is 10.1 Å². The molecule has 152 valence electrons. The van der Waals surface area contributed by atoms with Gasteiger partial charge in [0.05, 0.1) is 11.6 Å². The number of aryl methyl sites for hydroxylation is 2. The number of halogens is 1. The number of carbonyl (C=O) groups excluding carboxylic acids is 1. The van der Waals surface area contributed by atoms with Crippen LogP contribution in [0.3, 0.4) is 0 Å². The van der Waals surface area contributed by atoms with Crippen LogP contribution >= 0.6 is 11.6 Å². The Bertz CT molecular complexity index is 1440. The van der Waals surface area contributed by atoms with Crippen LogP contribution in [0, 0.1) is 25.2 Å². The zero-order valence-electron chi connectivity index (χ0n) is 17.2. The Kier molecular flexibility index (Phi) is 4.57. The maximum atomic E-state index is 13.4. The van der Waals surface area contributed by atoms with Crippen LogP contribution in [0.5, 0.6) is 0 Å². The SMILES string of the molecule is Cc1c2c(c(C)c3c1[nH]c1ccccc13)C(C#N)N(C(=O)c1ccccc1CCl)C=C2. The van der Waals surface area contributed by atoms with Gasteiger partial charge < -0.3 is 4.98 Å². The van der Waals surface area contributed by atoms with Crippen LogP contribution in [0.4, 0.5) is 0 Å². The van der Waals surface area contributed by atoms with Crippen molar-refractivity contribution in [1.29, 1.82) is 5.26 Å². The highest BCUT2D eigenvalue weighted by Crippen LogP contribution is 2.42. The summed E-state index contributed by atoms with van der Waals surface area (Å²) in [6.07, 6.45) is 3.67. The molecule has 1 aliphatic rings. The highest BCUT2D eigenvalue weighted by atomic mass is 35.5. The third kappa shape index (κ3) is 2.78. The number of amides is 1. The van der Waals surface area contributed by atoms with E-state index < -0.39 is 6.04 Å². The Morgan fingerprint density at radius 1 is 1.13 bits per heavy atom. The van der Waals surface area contributed by atoms with Gasteiger partial charge in [-0.15, -0.1) is 11.6 Å². The third-order valence-corrected chi connectivity index (χ3v) is 6.54. The molecule has 0 aliphatic carbocycles. The Hall–Kier alpha value is -3.55. The van der Waals surface area contributed by atoms with E-state index in [0.717, 1.165) is 49.6 Å². The number of carbonyl (C=O) groups is 1. The fraction of sp³-hybridized carbons (Fsp3) is 0.154. The Balaban J connectivity index is 1.73. The van der Waals surface area contributed by atoms with E-state index in [1.165, 1.54) is 4.90 Å². The monoisotopic (exact) mass is 425 g/mol. The lowest BCUT2D eigenvalue weighted by Gasteiger charge is -2.31. The zero-order valence-corrected chi connectivity index (χ0v) is 18.0. The van der Waals surface area contributed by atoms with Gasteiger partial charge in [-0.25, -0.2) is 0 Å². The minimum absolute atomic E-state index is 0.222. The maximum absolute atomic E-state index is 13.4. The van der Waals surface area contributed by atoms with Crippen molar-refractivity contribution in [2.45, 2.75) is 25.8 Å². The zero-order chi connectivity index (χ0) is 21.7. The van der Waals surface area contributed by atoms with Crippen molar-refractivity contribution in [2.75, 3.05) is 0 Å². The standard InChI is InChI=1S/C26H20ClN3O/c1-15-18-11-12-30(26(31)19-8-4-3-7-17(19)13-27)22(14-28)23(18)16(2)24-20-9-5-6-10-21(20)29-25(15)24/h3-12,22,29H,13H2,1-2H3. The smallest absolute Gasteiger partial charge is 0.259 e. The number of aromatic amines is 1. The van der Waals surface area contributed by atoms with Crippen LogP contribution in [-0.4, -0.2) is 15.8 Å². The van der Waals surface area contributed by atoms with Crippen LogP contribution in [0.2, 0.25) is 0 Å². The van der Waals surface area contributed by atoms with Gasteiger partial charge in [-0.2, -0.15) is 5.26 Å². The van der Waals surface area contributed by atoms with Crippen LogP contribution in [0.15, 0.2) is 54.7 Å². The van der Waals surface area contributed by atoms with Gasteiger partial charge in [0.1, 0.15) is 6.04 Å². The first-order valence-corrected chi connectivity index (χ1v) is 10.7. The van der Waals surface area contributed by atoms with Crippen molar-refractivity contribution in [1.82, 2.24) is 9.88 Å². The van der Waals surface area contributed by atoms with Crippen molar-refractivity contribution in [3.05, 3.63) is 88.1 Å². The lowest BCUT2D eigenvalue weighted by molar-refractivity contribution is 0.0793. The summed E-state index contributed by atoms with van der Waals surface area (Å²) < 4.78 is 0. The number of alkyl halides is 1. The molecule has 31 heavy (non-hydrogen) atoms. The Labute approximate surface area is 185 Å². The van der Waals surface area contributed by atoms with E-state index in [1.807, 2.05) is 43.3 Å². The lowest BCUT2D eigenvalue weighted by atomic mass is 9.86. The van der Waals surface area contributed by atoms with E-state index in [0.29, 0.717) is 5.56 Å². The molecule has 1 amide bonds. The quantitative estimate of drug-likeness (QED) is 0.379.